The molecule has 2 nitrogen and oxygen atoms in total. The molecule has 2 saturated carbocycles. The Bertz CT molecular complexity index is 1060. The van der Waals surface area contributed by atoms with Crippen LogP contribution in [0.15, 0.2) is 121 Å². The Balaban J connectivity index is 1.07. The van der Waals surface area contributed by atoms with Crippen molar-refractivity contribution in [2.24, 2.45) is 23.7 Å². The number of fused-ring (bicyclic) bond motifs is 2. The van der Waals surface area contributed by atoms with Crippen molar-refractivity contribution in [3.63, 3.8) is 0 Å². The lowest BCUT2D eigenvalue weighted by atomic mass is 9.83. The summed E-state index contributed by atoms with van der Waals surface area (Å²) in [5.41, 5.74) is 0. The lowest BCUT2D eigenvalue weighted by molar-refractivity contribution is 0.152. The van der Waals surface area contributed by atoms with E-state index in [1.807, 2.05) is 0 Å². The van der Waals surface area contributed by atoms with E-state index in [9.17, 15) is 0 Å². The van der Waals surface area contributed by atoms with Crippen molar-refractivity contribution in [2.45, 2.75) is 19.3 Å². The first-order valence-electron chi connectivity index (χ1n) is 13.4. The lowest BCUT2D eigenvalue weighted by Crippen LogP contribution is -2.26. The zero-order valence-corrected chi connectivity index (χ0v) is 22.9. The van der Waals surface area contributed by atoms with Gasteiger partial charge in [0.2, 0.25) is 0 Å². The Morgan fingerprint density at radius 3 is 1.00 bits per heavy atom. The topological polar surface area (TPSA) is 18.5 Å². The van der Waals surface area contributed by atoms with Crippen LogP contribution in [0.25, 0.3) is 0 Å². The summed E-state index contributed by atoms with van der Waals surface area (Å²) >= 11 is 0. The van der Waals surface area contributed by atoms with Crippen LogP contribution in [-0.2, 0) is 9.05 Å². The number of rotatable bonds is 10. The van der Waals surface area contributed by atoms with Crippen LogP contribution in [0, 0.1) is 23.7 Å². The van der Waals surface area contributed by atoms with Gasteiger partial charge in [-0.25, -0.2) is 0 Å². The Hall–Kier alpha value is -2.34. The van der Waals surface area contributed by atoms with Gasteiger partial charge in [0.1, 0.15) is 0 Å². The minimum Gasteiger partial charge on any atom is -0.349 e. The smallest absolute Gasteiger partial charge is 0.0917 e. The first-order chi connectivity index (χ1) is 18.3. The highest BCUT2D eigenvalue weighted by atomic mass is 31.1. The largest absolute Gasteiger partial charge is 0.349 e. The molecule has 6 rings (SSSR count). The van der Waals surface area contributed by atoms with Gasteiger partial charge < -0.3 is 9.05 Å². The van der Waals surface area contributed by atoms with Crippen LogP contribution in [0.4, 0.5) is 0 Å². The van der Waals surface area contributed by atoms with Gasteiger partial charge in [-0.05, 0) is 42.9 Å². The van der Waals surface area contributed by atoms with Crippen molar-refractivity contribution in [1.29, 1.82) is 0 Å². The SMILES string of the molecule is c1ccc(P(OCC2CC3CC2CC3COP(c2ccccc2)c2ccccc2)c2ccccc2)cc1. The highest BCUT2D eigenvalue weighted by Gasteiger charge is 2.46. The van der Waals surface area contributed by atoms with E-state index in [0.29, 0.717) is 11.8 Å². The summed E-state index contributed by atoms with van der Waals surface area (Å²) in [6, 6.07) is 43.0. The molecule has 0 N–H and O–H groups in total. The fraction of sp³-hybridized carbons (Fsp3) is 0.273. The van der Waals surface area contributed by atoms with Gasteiger partial charge in [0.05, 0.1) is 29.5 Å². The van der Waals surface area contributed by atoms with Crippen molar-refractivity contribution < 1.29 is 9.05 Å². The quantitative estimate of drug-likeness (QED) is 0.213. The molecule has 2 fully saturated rings. The standard InChI is InChI=1S/C33H34O2P2/c1-5-13-30(14-6-1)36(31-15-7-2-8-16-31)34-24-28-22-27-21-26(28)23-29(27)25-35-37(32-17-9-3-10-18-32)33-19-11-4-12-20-33/h1-20,26-29H,21-25H2. The zero-order valence-electron chi connectivity index (χ0n) is 21.1. The summed E-state index contributed by atoms with van der Waals surface area (Å²) in [6.45, 7) is 1.73. The summed E-state index contributed by atoms with van der Waals surface area (Å²) < 4.78 is 13.5. The molecule has 0 aliphatic heterocycles. The molecule has 0 spiro atoms. The predicted molar refractivity (Wildman–Crippen MR) is 158 cm³/mol. The maximum atomic E-state index is 6.74. The summed E-state index contributed by atoms with van der Waals surface area (Å²) in [5, 5.41) is 5.20. The second-order valence-electron chi connectivity index (χ2n) is 10.3. The first kappa shape index (κ1) is 25.0. The highest BCUT2D eigenvalue weighted by molar-refractivity contribution is 7.68. The average Bonchev–Trinajstić information content (AvgIpc) is 3.56. The maximum absolute atomic E-state index is 6.74. The maximum Gasteiger partial charge on any atom is 0.0917 e. The summed E-state index contributed by atoms with van der Waals surface area (Å²) in [5.74, 6) is 2.87. The molecule has 4 unspecified atom stereocenters. The molecule has 0 amide bonds. The molecule has 188 valence electrons. The normalized spacial score (nSPS) is 22.6. The van der Waals surface area contributed by atoms with Crippen LogP contribution in [0.5, 0.6) is 0 Å². The molecule has 4 atom stereocenters. The second kappa shape index (κ2) is 12.0. The van der Waals surface area contributed by atoms with E-state index in [-0.39, 0.29) is 0 Å². The Kier molecular flexibility index (Phi) is 8.11. The molecule has 37 heavy (non-hydrogen) atoms. The zero-order chi connectivity index (χ0) is 24.9. The fourth-order valence-corrected chi connectivity index (χ4v) is 9.76. The van der Waals surface area contributed by atoms with Crippen LogP contribution in [-0.4, -0.2) is 13.2 Å². The summed E-state index contributed by atoms with van der Waals surface area (Å²) in [7, 11) is -1.55. The van der Waals surface area contributed by atoms with E-state index in [4.69, 9.17) is 9.05 Å². The lowest BCUT2D eigenvalue weighted by Gasteiger charge is -2.30. The number of hydrogen-bond acceptors (Lipinski definition) is 2. The van der Waals surface area contributed by atoms with Gasteiger partial charge in [-0.2, -0.15) is 0 Å². The molecular formula is C33H34O2P2. The number of benzene rings is 4. The van der Waals surface area contributed by atoms with Gasteiger partial charge in [0.15, 0.2) is 0 Å². The van der Waals surface area contributed by atoms with E-state index >= 15 is 0 Å². The van der Waals surface area contributed by atoms with Gasteiger partial charge in [-0.1, -0.05) is 121 Å². The van der Waals surface area contributed by atoms with Crippen LogP contribution >= 0.6 is 16.3 Å². The minimum atomic E-state index is -0.776. The van der Waals surface area contributed by atoms with Crippen LogP contribution in [0.2, 0.25) is 0 Å². The first-order valence-corrected chi connectivity index (χ1v) is 15.9. The molecule has 2 bridgehead atoms. The van der Waals surface area contributed by atoms with Crippen molar-refractivity contribution in [1.82, 2.24) is 0 Å². The van der Waals surface area contributed by atoms with E-state index in [1.54, 1.807) is 0 Å². The van der Waals surface area contributed by atoms with E-state index in [0.717, 1.165) is 25.0 Å². The number of hydrogen-bond donors (Lipinski definition) is 0. The summed E-state index contributed by atoms with van der Waals surface area (Å²) in [4.78, 5) is 0. The van der Waals surface area contributed by atoms with Gasteiger partial charge >= 0.3 is 0 Å². The van der Waals surface area contributed by atoms with Crippen molar-refractivity contribution in [3.05, 3.63) is 121 Å². The van der Waals surface area contributed by atoms with E-state index in [1.165, 1.54) is 40.5 Å². The highest BCUT2D eigenvalue weighted by Crippen LogP contribution is 2.53. The minimum absolute atomic E-state index is 0.670. The third-order valence-electron chi connectivity index (χ3n) is 7.95. The third kappa shape index (κ3) is 5.89. The molecular weight excluding hydrogens is 490 g/mol. The van der Waals surface area contributed by atoms with Crippen LogP contribution in [0.3, 0.4) is 0 Å². The van der Waals surface area contributed by atoms with Gasteiger partial charge in [-0.15, -0.1) is 0 Å². The molecule has 0 radical (unpaired) electrons. The Morgan fingerprint density at radius 1 is 0.432 bits per heavy atom. The molecule has 4 aromatic rings. The van der Waals surface area contributed by atoms with Crippen molar-refractivity contribution >= 4 is 37.5 Å². The van der Waals surface area contributed by atoms with Crippen molar-refractivity contribution in [2.75, 3.05) is 13.2 Å². The third-order valence-corrected chi connectivity index (χ3v) is 11.8. The second-order valence-corrected chi connectivity index (χ2v) is 14.0. The Labute approximate surface area is 223 Å². The monoisotopic (exact) mass is 524 g/mol. The van der Waals surface area contributed by atoms with Gasteiger partial charge in [0.25, 0.3) is 0 Å². The van der Waals surface area contributed by atoms with E-state index in [2.05, 4.69) is 121 Å². The van der Waals surface area contributed by atoms with Crippen LogP contribution < -0.4 is 21.2 Å². The van der Waals surface area contributed by atoms with E-state index < -0.39 is 16.3 Å². The summed E-state index contributed by atoms with van der Waals surface area (Å²) in [6.07, 6.45) is 3.89. The van der Waals surface area contributed by atoms with Crippen LogP contribution in [0.1, 0.15) is 19.3 Å². The molecule has 0 heterocycles. The molecule has 4 aromatic carbocycles. The van der Waals surface area contributed by atoms with Gasteiger partial charge in [0, 0.05) is 21.2 Å². The molecule has 2 aliphatic carbocycles. The molecule has 2 aliphatic rings. The van der Waals surface area contributed by atoms with Crippen molar-refractivity contribution in [3.8, 4) is 0 Å². The molecule has 4 heteroatoms. The average molecular weight is 525 g/mol. The molecule has 0 aromatic heterocycles. The Morgan fingerprint density at radius 2 is 0.730 bits per heavy atom. The van der Waals surface area contributed by atoms with Gasteiger partial charge in [-0.3, -0.25) is 0 Å². The molecule has 0 saturated heterocycles. The predicted octanol–water partition coefficient (Wildman–Crippen LogP) is 6.78. The fourth-order valence-electron chi connectivity index (χ4n) is 6.11.